The first kappa shape index (κ1) is 18.1. The molecule has 0 saturated carbocycles. The van der Waals surface area contributed by atoms with Gasteiger partial charge in [-0.25, -0.2) is 4.98 Å². The van der Waals surface area contributed by atoms with E-state index < -0.39 is 6.04 Å². The van der Waals surface area contributed by atoms with Crippen molar-refractivity contribution in [3.8, 4) is 0 Å². The molecule has 3 rings (SSSR count). The van der Waals surface area contributed by atoms with E-state index in [4.69, 9.17) is 22.1 Å². The molecule has 0 spiro atoms. The summed E-state index contributed by atoms with van der Waals surface area (Å²) >= 11 is 7.31. The first-order chi connectivity index (χ1) is 12.1. The summed E-state index contributed by atoms with van der Waals surface area (Å²) < 4.78 is 9.34. The number of carbonyl (C=O) groups excluding carboxylic acids is 1. The molecule has 1 amide bonds. The quantitative estimate of drug-likeness (QED) is 0.819. The zero-order valence-electron chi connectivity index (χ0n) is 13.9. The number of amides is 1. The number of ether oxygens (including phenoxy) is 1. The first-order valence-electron chi connectivity index (χ1n) is 7.94. The lowest BCUT2D eigenvalue weighted by molar-refractivity contribution is -0.123. The topological polar surface area (TPSA) is 84.6 Å². The highest BCUT2D eigenvalue weighted by molar-refractivity contribution is 7.09. The van der Waals surface area contributed by atoms with Crippen molar-refractivity contribution < 1.29 is 9.53 Å². The summed E-state index contributed by atoms with van der Waals surface area (Å²) in [5.41, 5.74) is 6.52. The van der Waals surface area contributed by atoms with Crippen LogP contribution < -0.4 is 10.6 Å². The molecule has 2 aromatic rings. The Kier molecular flexibility index (Phi) is 5.85. The zero-order valence-corrected chi connectivity index (χ0v) is 15.5. The number of anilines is 1. The fourth-order valence-corrected chi connectivity index (χ4v) is 3.78. The second-order valence-corrected chi connectivity index (χ2v) is 6.97. The number of nitrogens with zero attached hydrogens (tertiary/aromatic N) is 4. The van der Waals surface area contributed by atoms with Crippen molar-refractivity contribution in [2.75, 3.05) is 38.2 Å². The van der Waals surface area contributed by atoms with Crippen LogP contribution in [-0.4, -0.2) is 53.5 Å². The molecule has 1 fully saturated rings. The van der Waals surface area contributed by atoms with Gasteiger partial charge in [0, 0.05) is 49.8 Å². The van der Waals surface area contributed by atoms with E-state index in [1.165, 1.54) is 11.5 Å². The molecule has 1 unspecified atom stereocenters. The highest BCUT2D eigenvalue weighted by Gasteiger charge is 2.29. The summed E-state index contributed by atoms with van der Waals surface area (Å²) in [4.78, 5) is 20.8. The van der Waals surface area contributed by atoms with Gasteiger partial charge < -0.3 is 15.4 Å². The van der Waals surface area contributed by atoms with Crippen LogP contribution >= 0.6 is 23.1 Å². The molecule has 2 heterocycles. The Labute approximate surface area is 155 Å². The van der Waals surface area contributed by atoms with Crippen molar-refractivity contribution in [1.82, 2.24) is 14.3 Å². The predicted molar refractivity (Wildman–Crippen MR) is 97.8 cm³/mol. The molecule has 1 aliphatic rings. The van der Waals surface area contributed by atoms with Crippen molar-refractivity contribution in [2.24, 2.45) is 5.73 Å². The number of rotatable bonds is 6. The van der Waals surface area contributed by atoms with Crippen molar-refractivity contribution >= 4 is 34.2 Å². The number of benzene rings is 1. The second kappa shape index (κ2) is 8.09. The van der Waals surface area contributed by atoms with Gasteiger partial charge in [0.2, 0.25) is 11.0 Å². The standard InChI is InChI=1S/C16H20ClN5O2S/c1-24-10-13-19-16(25-20-13)22-8-6-21(7-9-22)14(15(18)23)11-2-4-12(17)5-3-11/h2-5,14H,6-10H2,1H3,(H2,18,23). The van der Waals surface area contributed by atoms with Crippen LogP contribution in [0.3, 0.4) is 0 Å². The molecule has 0 radical (unpaired) electrons. The van der Waals surface area contributed by atoms with Crippen LogP contribution in [0.2, 0.25) is 5.02 Å². The average molecular weight is 382 g/mol. The Morgan fingerprint density at radius 3 is 2.60 bits per heavy atom. The van der Waals surface area contributed by atoms with Gasteiger partial charge in [0.1, 0.15) is 12.6 Å². The molecule has 2 N–H and O–H groups in total. The molecular formula is C16H20ClN5O2S. The van der Waals surface area contributed by atoms with Gasteiger partial charge in [-0.3, -0.25) is 9.69 Å². The number of hydrogen-bond donors (Lipinski definition) is 1. The van der Waals surface area contributed by atoms with Crippen LogP contribution in [0.15, 0.2) is 24.3 Å². The molecule has 25 heavy (non-hydrogen) atoms. The molecule has 7 nitrogen and oxygen atoms in total. The molecule has 0 aliphatic carbocycles. The highest BCUT2D eigenvalue weighted by atomic mass is 35.5. The molecule has 1 aromatic carbocycles. The predicted octanol–water partition coefficient (Wildman–Crippen LogP) is 1.69. The Morgan fingerprint density at radius 1 is 1.32 bits per heavy atom. The Morgan fingerprint density at radius 2 is 2.00 bits per heavy atom. The van der Waals surface area contributed by atoms with E-state index in [0.29, 0.717) is 17.5 Å². The number of carbonyl (C=O) groups is 1. The van der Waals surface area contributed by atoms with Crippen LogP contribution in [0.25, 0.3) is 0 Å². The number of halogens is 1. The SMILES string of the molecule is COCc1nsc(N2CCN(C(C(N)=O)c3ccc(Cl)cc3)CC2)n1. The van der Waals surface area contributed by atoms with Gasteiger partial charge in [0.15, 0.2) is 5.82 Å². The number of aromatic nitrogens is 2. The maximum absolute atomic E-state index is 12.0. The minimum absolute atomic E-state index is 0.353. The van der Waals surface area contributed by atoms with E-state index in [-0.39, 0.29) is 5.91 Å². The molecular weight excluding hydrogens is 362 g/mol. The first-order valence-corrected chi connectivity index (χ1v) is 9.09. The van der Waals surface area contributed by atoms with Gasteiger partial charge in [-0.15, -0.1) is 0 Å². The normalized spacial score (nSPS) is 16.8. The third kappa shape index (κ3) is 4.27. The smallest absolute Gasteiger partial charge is 0.239 e. The Bertz CT molecular complexity index is 716. The van der Waals surface area contributed by atoms with E-state index >= 15 is 0 Å². The van der Waals surface area contributed by atoms with Gasteiger partial charge in [0.05, 0.1) is 0 Å². The van der Waals surface area contributed by atoms with Gasteiger partial charge in [0.25, 0.3) is 0 Å². The van der Waals surface area contributed by atoms with Crippen LogP contribution in [-0.2, 0) is 16.1 Å². The van der Waals surface area contributed by atoms with Crippen LogP contribution in [0.1, 0.15) is 17.4 Å². The van der Waals surface area contributed by atoms with Crippen LogP contribution in [0, 0.1) is 0 Å². The fourth-order valence-electron chi connectivity index (χ4n) is 2.93. The van der Waals surface area contributed by atoms with E-state index in [1.807, 2.05) is 12.1 Å². The average Bonchev–Trinajstić information content (AvgIpc) is 3.06. The number of primary amides is 1. The molecule has 1 aromatic heterocycles. The van der Waals surface area contributed by atoms with Crippen molar-refractivity contribution in [3.05, 3.63) is 40.7 Å². The largest absolute Gasteiger partial charge is 0.377 e. The molecule has 1 aliphatic heterocycles. The van der Waals surface area contributed by atoms with E-state index in [2.05, 4.69) is 19.2 Å². The lowest BCUT2D eigenvalue weighted by atomic mass is 10.0. The number of methoxy groups -OCH3 is 1. The summed E-state index contributed by atoms with van der Waals surface area (Å²) in [6, 6.07) is 6.82. The minimum Gasteiger partial charge on any atom is -0.377 e. The summed E-state index contributed by atoms with van der Waals surface area (Å²) in [6.45, 7) is 3.37. The van der Waals surface area contributed by atoms with Crippen LogP contribution in [0.5, 0.6) is 0 Å². The zero-order chi connectivity index (χ0) is 17.8. The highest BCUT2D eigenvalue weighted by Crippen LogP contribution is 2.26. The van der Waals surface area contributed by atoms with Gasteiger partial charge >= 0.3 is 0 Å². The maximum Gasteiger partial charge on any atom is 0.239 e. The number of nitrogens with two attached hydrogens (primary N) is 1. The van der Waals surface area contributed by atoms with E-state index in [1.54, 1.807) is 19.2 Å². The molecule has 9 heteroatoms. The summed E-state index contributed by atoms with van der Waals surface area (Å²) in [5, 5.41) is 1.52. The summed E-state index contributed by atoms with van der Waals surface area (Å²) in [5.74, 6) is 0.343. The molecule has 0 bridgehead atoms. The number of piperazine rings is 1. The van der Waals surface area contributed by atoms with Crippen molar-refractivity contribution in [3.63, 3.8) is 0 Å². The lowest BCUT2D eigenvalue weighted by Crippen LogP contribution is -2.50. The molecule has 134 valence electrons. The molecule has 1 atom stereocenters. The Hall–Kier alpha value is -1.74. The van der Waals surface area contributed by atoms with Crippen molar-refractivity contribution in [2.45, 2.75) is 12.6 Å². The monoisotopic (exact) mass is 381 g/mol. The Balaban J connectivity index is 1.66. The summed E-state index contributed by atoms with van der Waals surface area (Å²) in [6.07, 6.45) is 0. The summed E-state index contributed by atoms with van der Waals surface area (Å²) in [7, 11) is 1.63. The fraction of sp³-hybridized carbons (Fsp3) is 0.438. The van der Waals surface area contributed by atoms with E-state index in [9.17, 15) is 4.79 Å². The number of hydrogen-bond acceptors (Lipinski definition) is 7. The van der Waals surface area contributed by atoms with Crippen LogP contribution in [0.4, 0.5) is 5.13 Å². The minimum atomic E-state index is -0.446. The maximum atomic E-state index is 12.0. The van der Waals surface area contributed by atoms with Gasteiger partial charge in [-0.1, -0.05) is 23.7 Å². The molecule has 1 saturated heterocycles. The van der Waals surface area contributed by atoms with E-state index in [0.717, 1.165) is 36.9 Å². The van der Waals surface area contributed by atoms with Crippen molar-refractivity contribution in [1.29, 1.82) is 0 Å². The lowest BCUT2D eigenvalue weighted by Gasteiger charge is -2.38. The van der Waals surface area contributed by atoms with Gasteiger partial charge in [-0.2, -0.15) is 4.37 Å². The third-order valence-corrected chi connectivity index (χ3v) is 5.20. The third-order valence-electron chi connectivity index (χ3n) is 4.14. The second-order valence-electron chi connectivity index (χ2n) is 5.81. The van der Waals surface area contributed by atoms with Gasteiger partial charge in [-0.05, 0) is 17.7 Å².